The summed E-state index contributed by atoms with van der Waals surface area (Å²) in [6, 6.07) is 12.2. The summed E-state index contributed by atoms with van der Waals surface area (Å²) in [6.45, 7) is 0. The van der Waals surface area contributed by atoms with Crippen molar-refractivity contribution in [1.29, 1.82) is 0 Å². The van der Waals surface area contributed by atoms with Gasteiger partial charge in [-0.1, -0.05) is 31.9 Å². The first-order chi connectivity index (χ1) is 23.6. The molecule has 15 heteroatoms. The lowest BCUT2D eigenvalue weighted by molar-refractivity contribution is 0.315. The van der Waals surface area contributed by atoms with E-state index < -0.39 is 0 Å². The molecule has 0 aliphatic heterocycles. The molecule has 266 valence electrons. The van der Waals surface area contributed by atoms with E-state index in [-0.39, 0.29) is 0 Å². The summed E-state index contributed by atoms with van der Waals surface area (Å²) in [5, 5.41) is 0. The van der Waals surface area contributed by atoms with Crippen LogP contribution in [0, 0.1) is 0 Å². The predicted octanol–water partition coefficient (Wildman–Crippen LogP) is 9.33. The summed E-state index contributed by atoms with van der Waals surface area (Å²) in [4.78, 5) is 0. The van der Waals surface area contributed by atoms with Gasteiger partial charge in [0.05, 0.1) is 71.1 Å². The van der Waals surface area contributed by atoms with Gasteiger partial charge in [-0.25, -0.2) is 0 Å². The van der Waals surface area contributed by atoms with Crippen LogP contribution in [0.15, 0.2) is 55.9 Å². The van der Waals surface area contributed by atoms with E-state index in [1.807, 2.05) is 0 Å². The van der Waals surface area contributed by atoms with Crippen molar-refractivity contribution in [3.8, 4) is 80.5 Å². The topological polar surface area (TPSA) is 111 Å². The fourth-order valence-electron chi connectivity index (χ4n) is 4.41. The normalized spacial score (nSPS) is 10.1. The van der Waals surface area contributed by atoms with Gasteiger partial charge in [-0.15, -0.1) is 0 Å². The third-order valence-electron chi connectivity index (χ3n) is 6.66. The highest BCUT2D eigenvalue weighted by molar-refractivity contribution is 9.11. The van der Waals surface area contributed by atoms with Crippen LogP contribution in [0.3, 0.4) is 0 Å². The van der Waals surface area contributed by atoms with Crippen molar-refractivity contribution in [2.45, 2.75) is 0 Å². The largest absolute Gasteiger partial charge is 0.493 e. The molecule has 0 fully saturated rings. The molecule has 0 bridgehead atoms. The van der Waals surface area contributed by atoms with Crippen LogP contribution in [0.1, 0.15) is 0 Å². The van der Waals surface area contributed by atoms with E-state index in [2.05, 4.69) is 47.8 Å². The zero-order valence-corrected chi connectivity index (χ0v) is 33.3. The monoisotopic (exact) mass is 874 g/mol. The van der Waals surface area contributed by atoms with E-state index >= 15 is 0 Å². The highest BCUT2D eigenvalue weighted by atomic mass is 79.9. The fraction of sp³-hybridized carbons (Fsp3) is 0.294. The van der Waals surface area contributed by atoms with E-state index in [0.717, 1.165) is 8.95 Å². The molecule has 0 radical (unpaired) electrons. The summed E-state index contributed by atoms with van der Waals surface area (Å²) in [6.07, 6.45) is 0. The van der Waals surface area contributed by atoms with Gasteiger partial charge >= 0.3 is 0 Å². The van der Waals surface area contributed by atoms with Crippen LogP contribution in [0.5, 0.6) is 80.5 Å². The Morgan fingerprint density at radius 2 is 0.633 bits per heavy atom. The first-order valence-corrected chi connectivity index (χ1v) is 16.4. The minimum absolute atomic E-state index is 0.420. The molecule has 0 unspecified atom stereocenters. The van der Waals surface area contributed by atoms with E-state index in [1.165, 1.54) is 21.3 Å². The van der Waals surface area contributed by atoms with Crippen LogP contribution < -0.4 is 56.8 Å². The van der Waals surface area contributed by atoms with Gasteiger partial charge in [0.25, 0.3) is 0 Å². The lowest BCUT2D eigenvalue weighted by Crippen LogP contribution is -1.99. The lowest BCUT2D eigenvalue weighted by Gasteiger charge is -2.19. The SMILES string of the molecule is COc1cc(Br)cc(OC)c1Oc1cc(OC)c(OC)c(OC)c1Br.COc1cc(Oc2c(OC)cc(Br)cc2OC)cc(OC)c1OC. The highest BCUT2D eigenvalue weighted by Gasteiger charge is 2.23. The number of halogens is 3. The molecule has 0 amide bonds. The molecule has 4 rings (SSSR count). The van der Waals surface area contributed by atoms with E-state index in [1.54, 1.807) is 92.2 Å². The Morgan fingerprint density at radius 1 is 0.306 bits per heavy atom. The van der Waals surface area contributed by atoms with Gasteiger partial charge in [-0.3, -0.25) is 0 Å². The number of methoxy groups -OCH3 is 10. The standard InChI is InChI=1S/C17H18Br2O6.C17H19BrO6/c1-20-11-6-9(18)7-12(21-2)15(11)25-10-8-13(22-3)16(23-4)17(24-5)14(10)19;1-19-12-6-10(18)7-13(20-2)17(12)24-11-8-14(21-3)16(23-5)15(9-11)22-4/h6-8H,1-5H3;6-9H,1-5H3. The molecule has 0 aromatic heterocycles. The first-order valence-electron chi connectivity index (χ1n) is 14.0. The van der Waals surface area contributed by atoms with E-state index in [0.29, 0.717) is 85.0 Å². The molecule has 0 atom stereocenters. The molecule has 0 N–H and O–H groups in total. The minimum atomic E-state index is 0.420. The maximum absolute atomic E-state index is 6.06. The van der Waals surface area contributed by atoms with Crippen LogP contribution >= 0.6 is 47.8 Å². The number of hydrogen-bond acceptors (Lipinski definition) is 12. The summed E-state index contributed by atoms with van der Waals surface area (Å²) in [5.74, 6) is 6.70. The second kappa shape index (κ2) is 18.6. The zero-order valence-electron chi connectivity index (χ0n) is 28.6. The van der Waals surface area contributed by atoms with Gasteiger partial charge in [0, 0.05) is 27.1 Å². The summed E-state index contributed by atoms with van der Waals surface area (Å²) in [5.41, 5.74) is 0. The number of rotatable bonds is 14. The Hall–Kier alpha value is -4.08. The van der Waals surface area contributed by atoms with Crippen molar-refractivity contribution < 1.29 is 56.8 Å². The smallest absolute Gasteiger partial charge is 0.211 e. The van der Waals surface area contributed by atoms with Gasteiger partial charge in [-0.05, 0) is 40.2 Å². The van der Waals surface area contributed by atoms with Crippen LogP contribution in [0.2, 0.25) is 0 Å². The maximum Gasteiger partial charge on any atom is 0.211 e. The predicted molar refractivity (Wildman–Crippen MR) is 195 cm³/mol. The summed E-state index contributed by atoms with van der Waals surface area (Å²) < 4.78 is 67.9. The van der Waals surface area contributed by atoms with Crippen LogP contribution in [-0.2, 0) is 0 Å². The Kier molecular flexibility index (Phi) is 15.0. The molecule has 4 aromatic rings. The molecule has 12 nitrogen and oxygen atoms in total. The van der Waals surface area contributed by atoms with Crippen molar-refractivity contribution in [2.24, 2.45) is 0 Å². The van der Waals surface area contributed by atoms with Crippen molar-refractivity contribution in [1.82, 2.24) is 0 Å². The molecule has 0 aliphatic carbocycles. The van der Waals surface area contributed by atoms with Crippen LogP contribution in [-0.4, -0.2) is 71.1 Å². The molecule has 4 aromatic carbocycles. The number of ether oxygens (including phenoxy) is 12. The van der Waals surface area contributed by atoms with Gasteiger partial charge in [0.1, 0.15) is 16.0 Å². The first kappa shape index (κ1) is 39.4. The third-order valence-corrected chi connectivity index (χ3v) is 8.32. The molecule has 0 spiro atoms. The Bertz CT molecular complexity index is 1660. The minimum Gasteiger partial charge on any atom is -0.493 e. The van der Waals surface area contributed by atoms with Crippen molar-refractivity contribution in [3.05, 3.63) is 55.9 Å². The molecule has 0 heterocycles. The quantitative estimate of drug-likeness (QED) is 0.120. The second-order valence-corrected chi connectivity index (χ2v) is 11.9. The summed E-state index contributed by atoms with van der Waals surface area (Å²) >= 11 is 10.3. The third kappa shape index (κ3) is 9.13. The average Bonchev–Trinajstić information content (AvgIpc) is 3.12. The Balaban J connectivity index is 0.000000266. The van der Waals surface area contributed by atoms with Gasteiger partial charge < -0.3 is 56.8 Å². The number of hydrogen-bond donors (Lipinski definition) is 0. The molecular weight excluding hydrogens is 840 g/mol. The molecule has 0 saturated carbocycles. The van der Waals surface area contributed by atoms with Crippen LogP contribution in [0.25, 0.3) is 0 Å². The van der Waals surface area contributed by atoms with Crippen molar-refractivity contribution >= 4 is 47.8 Å². The Morgan fingerprint density at radius 3 is 0.980 bits per heavy atom. The average molecular weight is 877 g/mol. The van der Waals surface area contributed by atoms with Crippen molar-refractivity contribution in [3.63, 3.8) is 0 Å². The molecule has 0 aliphatic rings. The molecular formula is C34H37Br3O12. The van der Waals surface area contributed by atoms with Gasteiger partial charge in [-0.2, -0.15) is 0 Å². The van der Waals surface area contributed by atoms with Crippen molar-refractivity contribution in [2.75, 3.05) is 71.1 Å². The number of benzene rings is 4. The zero-order chi connectivity index (χ0) is 36.2. The molecule has 49 heavy (non-hydrogen) atoms. The lowest BCUT2D eigenvalue weighted by atomic mass is 10.2. The Labute approximate surface area is 310 Å². The van der Waals surface area contributed by atoms with Gasteiger partial charge in [0.2, 0.25) is 23.0 Å². The second-order valence-electron chi connectivity index (χ2n) is 9.30. The van der Waals surface area contributed by atoms with E-state index in [4.69, 9.17) is 56.8 Å². The van der Waals surface area contributed by atoms with Crippen LogP contribution in [0.4, 0.5) is 0 Å². The highest BCUT2D eigenvalue weighted by Crippen LogP contribution is 2.52. The molecule has 0 saturated heterocycles. The van der Waals surface area contributed by atoms with Gasteiger partial charge in [0.15, 0.2) is 46.0 Å². The fourth-order valence-corrected chi connectivity index (χ4v) is 5.78. The maximum atomic E-state index is 6.06. The summed E-state index contributed by atoms with van der Waals surface area (Å²) in [7, 11) is 15.5. The van der Waals surface area contributed by atoms with E-state index in [9.17, 15) is 0 Å².